The monoisotopic (exact) mass is 399 g/mol. The zero-order chi connectivity index (χ0) is 18.7. The minimum atomic E-state index is -0.590. The van der Waals surface area contributed by atoms with Crippen molar-refractivity contribution in [3.8, 4) is 0 Å². The van der Waals surface area contributed by atoms with Crippen molar-refractivity contribution in [3.05, 3.63) is 49.8 Å². The van der Waals surface area contributed by atoms with Gasteiger partial charge in [0.1, 0.15) is 5.00 Å². The fraction of sp³-hybridized carbons (Fsp3) is 0.235. The van der Waals surface area contributed by atoms with Gasteiger partial charge in [0.05, 0.1) is 27.1 Å². The molecule has 132 valence electrons. The molecule has 1 heterocycles. The van der Waals surface area contributed by atoms with E-state index in [1.165, 1.54) is 25.1 Å². The van der Waals surface area contributed by atoms with E-state index in [0.717, 1.165) is 11.3 Å². The summed E-state index contributed by atoms with van der Waals surface area (Å²) in [6.45, 7) is 4.91. The van der Waals surface area contributed by atoms with E-state index in [2.05, 4.69) is 5.32 Å². The highest BCUT2D eigenvalue weighted by Gasteiger charge is 2.25. The summed E-state index contributed by atoms with van der Waals surface area (Å²) in [5.74, 6) is -1.25. The summed E-state index contributed by atoms with van der Waals surface area (Å²) in [5.41, 5.74) is 0.950. The smallest absolute Gasteiger partial charge is 0.341 e. The van der Waals surface area contributed by atoms with Gasteiger partial charge in [0.25, 0.3) is 5.91 Å². The van der Waals surface area contributed by atoms with Crippen LogP contribution in [-0.2, 0) is 4.74 Å². The van der Waals surface area contributed by atoms with Crippen molar-refractivity contribution in [2.45, 2.75) is 20.8 Å². The molecular weight excluding hydrogens is 385 g/mol. The second-order valence-electron chi connectivity index (χ2n) is 5.12. The van der Waals surface area contributed by atoms with Crippen molar-refractivity contribution in [1.82, 2.24) is 0 Å². The second-order valence-corrected chi connectivity index (χ2v) is 6.95. The Morgan fingerprint density at radius 2 is 1.88 bits per heavy atom. The highest BCUT2D eigenvalue weighted by atomic mass is 35.5. The summed E-state index contributed by atoms with van der Waals surface area (Å²) >= 11 is 12.8. The third-order valence-electron chi connectivity index (χ3n) is 3.35. The molecule has 1 amide bonds. The van der Waals surface area contributed by atoms with Crippen molar-refractivity contribution in [2.75, 3.05) is 11.9 Å². The van der Waals surface area contributed by atoms with Crippen molar-refractivity contribution >= 4 is 57.2 Å². The maximum Gasteiger partial charge on any atom is 0.341 e. The predicted molar refractivity (Wildman–Crippen MR) is 99.4 cm³/mol. The number of amides is 1. The van der Waals surface area contributed by atoms with Crippen LogP contribution in [0.15, 0.2) is 18.2 Å². The van der Waals surface area contributed by atoms with E-state index < -0.39 is 11.9 Å². The first kappa shape index (κ1) is 19.4. The van der Waals surface area contributed by atoms with Crippen LogP contribution in [0.4, 0.5) is 5.00 Å². The van der Waals surface area contributed by atoms with E-state index in [4.69, 9.17) is 27.9 Å². The van der Waals surface area contributed by atoms with Crippen LogP contribution in [0.5, 0.6) is 0 Å². The first-order valence-electron chi connectivity index (χ1n) is 7.34. The van der Waals surface area contributed by atoms with E-state index >= 15 is 0 Å². The topological polar surface area (TPSA) is 72.5 Å². The summed E-state index contributed by atoms with van der Waals surface area (Å²) < 4.78 is 5.03. The third-order valence-corrected chi connectivity index (χ3v) is 5.40. The molecule has 0 atom stereocenters. The molecule has 0 saturated heterocycles. The molecule has 0 radical (unpaired) electrons. The highest BCUT2D eigenvalue weighted by molar-refractivity contribution is 7.18. The molecule has 5 nitrogen and oxygen atoms in total. The van der Waals surface area contributed by atoms with Gasteiger partial charge in [-0.3, -0.25) is 9.59 Å². The van der Waals surface area contributed by atoms with Crippen molar-refractivity contribution in [1.29, 1.82) is 0 Å². The molecule has 0 aliphatic heterocycles. The minimum Gasteiger partial charge on any atom is -0.462 e. The average molecular weight is 400 g/mol. The van der Waals surface area contributed by atoms with Gasteiger partial charge < -0.3 is 10.1 Å². The molecule has 1 aromatic carbocycles. The van der Waals surface area contributed by atoms with E-state index in [1.54, 1.807) is 13.8 Å². The predicted octanol–water partition coefficient (Wildman–Crippen LogP) is 4.99. The van der Waals surface area contributed by atoms with Crippen LogP contribution in [0.1, 0.15) is 49.8 Å². The Kier molecular flexibility index (Phi) is 6.21. The summed E-state index contributed by atoms with van der Waals surface area (Å²) in [6, 6.07) is 4.45. The fourth-order valence-corrected chi connectivity index (χ4v) is 3.58. The number of carbonyl (C=O) groups is 3. The van der Waals surface area contributed by atoms with E-state index in [-0.39, 0.29) is 33.5 Å². The second kappa shape index (κ2) is 7.99. The lowest BCUT2D eigenvalue weighted by molar-refractivity contribution is 0.0527. The molecule has 0 unspecified atom stereocenters. The fourth-order valence-electron chi connectivity index (χ4n) is 2.20. The van der Waals surface area contributed by atoms with Gasteiger partial charge in [0, 0.05) is 5.56 Å². The third kappa shape index (κ3) is 4.21. The van der Waals surface area contributed by atoms with Crippen LogP contribution in [0, 0.1) is 6.92 Å². The lowest BCUT2D eigenvalue weighted by Gasteiger charge is -2.07. The molecule has 25 heavy (non-hydrogen) atoms. The van der Waals surface area contributed by atoms with Crippen LogP contribution in [-0.4, -0.2) is 24.3 Å². The maximum absolute atomic E-state index is 12.5. The molecule has 2 aromatic rings. The van der Waals surface area contributed by atoms with Gasteiger partial charge in [-0.25, -0.2) is 4.79 Å². The number of ketones is 1. The summed E-state index contributed by atoms with van der Waals surface area (Å²) in [4.78, 5) is 36.8. The van der Waals surface area contributed by atoms with Gasteiger partial charge in [-0.05, 0) is 44.5 Å². The van der Waals surface area contributed by atoms with E-state index in [9.17, 15) is 14.4 Å². The van der Waals surface area contributed by atoms with Gasteiger partial charge in [-0.1, -0.05) is 23.2 Å². The number of rotatable bonds is 5. The zero-order valence-corrected chi connectivity index (χ0v) is 16.1. The van der Waals surface area contributed by atoms with Gasteiger partial charge in [-0.2, -0.15) is 0 Å². The lowest BCUT2D eigenvalue weighted by Crippen LogP contribution is -2.15. The molecule has 1 aromatic heterocycles. The number of benzene rings is 1. The summed E-state index contributed by atoms with van der Waals surface area (Å²) in [6.07, 6.45) is 0. The highest BCUT2D eigenvalue weighted by Crippen LogP contribution is 2.34. The molecule has 0 aliphatic rings. The molecular formula is C17H15Cl2NO4S. The Morgan fingerprint density at radius 1 is 1.20 bits per heavy atom. The Morgan fingerprint density at radius 3 is 2.44 bits per heavy atom. The van der Waals surface area contributed by atoms with E-state index in [0.29, 0.717) is 15.5 Å². The number of hydrogen-bond acceptors (Lipinski definition) is 5. The standard InChI is InChI=1S/C17H15Cl2NO4S/c1-4-24-17(23)13-8(2)14(9(3)21)25-16(13)20-15(22)10-5-6-11(18)12(19)7-10/h5-7H,4H2,1-3H3,(H,20,22). The number of nitrogens with one attached hydrogen (secondary N) is 1. The molecule has 1 N–H and O–H groups in total. The largest absolute Gasteiger partial charge is 0.462 e. The SMILES string of the molecule is CCOC(=O)c1c(NC(=O)c2ccc(Cl)c(Cl)c2)sc(C(C)=O)c1C. The Bertz CT molecular complexity index is 861. The van der Waals surface area contributed by atoms with Crippen LogP contribution in [0.2, 0.25) is 10.0 Å². The Hall–Kier alpha value is -1.89. The zero-order valence-electron chi connectivity index (χ0n) is 13.7. The molecule has 8 heteroatoms. The number of ether oxygens (including phenoxy) is 1. The van der Waals surface area contributed by atoms with E-state index in [1.807, 2.05) is 0 Å². The van der Waals surface area contributed by atoms with Gasteiger partial charge in [0.2, 0.25) is 0 Å². The lowest BCUT2D eigenvalue weighted by atomic mass is 10.1. The molecule has 0 saturated carbocycles. The first-order chi connectivity index (χ1) is 11.8. The van der Waals surface area contributed by atoms with Crippen molar-refractivity contribution in [3.63, 3.8) is 0 Å². The van der Waals surface area contributed by atoms with Crippen LogP contribution >= 0.6 is 34.5 Å². The number of anilines is 1. The van der Waals surface area contributed by atoms with Crippen LogP contribution in [0.25, 0.3) is 0 Å². The number of esters is 1. The van der Waals surface area contributed by atoms with Crippen LogP contribution in [0.3, 0.4) is 0 Å². The average Bonchev–Trinajstić information content (AvgIpc) is 2.86. The van der Waals surface area contributed by atoms with Crippen molar-refractivity contribution in [2.24, 2.45) is 0 Å². The normalized spacial score (nSPS) is 10.4. The van der Waals surface area contributed by atoms with Crippen molar-refractivity contribution < 1.29 is 19.1 Å². The Balaban J connectivity index is 2.41. The Labute approximate surface area is 158 Å². The number of carbonyl (C=O) groups excluding carboxylic acids is 3. The first-order valence-corrected chi connectivity index (χ1v) is 8.91. The quantitative estimate of drug-likeness (QED) is 0.567. The summed E-state index contributed by atoms with van der Waals surface area (Å²) in [7, 11) is 0. The maximum atomic E-state index is 12.5. The van der Waals surface area contributed by atoms with Gasteiger partial charge in [-0.15, -0.1) is 11.3 Å². The molecule has 0 spiro atoms. The molecule has 2 rings (SSSR count). The summed E-state index contributed by atoms with van der Waals surface area (Å²) in [5, 5.41) is 3.49. The van der Waals surface area contributed by atoms with Crippen LogP contribution < -0.4 is 5.32 Å². The molecule has 0 bridgehead atoms. The minimum absolute atomic E-state index is 0.184. The number of halogens is 2. The molecule has 0 aliphatic carbocycles. The number of hydrogen-bond donors (Lipinski definition) is 1. The van der Waals surface area contributed by atoms with Gasteiger partial charge >= 0.3 is 5.97 Å². The molecule has 0 fully saturated rings. The number of Topliss-reactive ketones (excluding diaryl/α,β-unsaturated/α-hetero) is 1. The van der Waals surface area contributed by atoms with Gasteiger partial charge in [0.15, 0.2) is 5.78 Å². The number of thiophene rings is 1.